The maximum absolute atomic E-state index is 13.3. The molecule has 0 N–H and O–H groups in total. The second kappa shape index (κ2) is 7.10. The summed E-state index contributed by atoms with van der Waals surface area (Å²) < 4.78 is 18.5. The van der Waals surface area contributed by atoms with E-state index in [4.69, 9.17) is 10.00 Å². The van der Waals surface area contributed by atoms with Crippen LogP contribution < -0.4 is 4.74 Å². The number of benzene rings is 1. The molecule has 1 unspecified atom stereocenters. The number of nitrogens with zero attached hydrogens (tertiary/aromatic N) is 2. The van der Waals surface area contributed by atoms with Crippen molar-refractivity contribution in [2.24, 2.45) is 11.8 Å². The van der Waals surface area contributed by atoms with E-state index in [2.05, 4.69) is 6.07 Å². The Morgan fingerprint density at radius 1 is 1.42 bits per heavy atom. The second-order valence-corrected chi connectivity index (χ2v) is 5.13. The van der Waals surface area contributed by atoms with Crippen molar-refractivity contribution in [3.63, 3.8) is 0 Å². The molecular formula is C15H21FN2O. The highest BCUT2D eigenvalue weighted by Gasteiger charge is 2.16. The van der Waals surface area contributed by atoms with Gasteiger partial charge < -0.3 is 9.64 Å². The van der Waals surface area contributed by atoms with Crippen molar-refractivity contribution in [3.8, 4) is 11.8 Å². The summed E-state index contributed by atoms with van der Waals surface area (Å²) in [5, 5.41) is 9.09. The molecule has 0 aromatic heterocycles. The quantitative estimate of drug-likeness (QED) is 0.792. The Morgan fingerprint density at radius 2 is 2.11 bits per heavy atom. The molecule has 1 rings (SSSR count). The smallest absolute Gasteiger partial charge is 0.123 e. The number of hydrogen-bond acceptors (Lipinski definition) is 3. The van der Waals surface area contributed by atoms with Crippen LogP contribution in [0.5, 0.6) is 5.75 Å². The lowest BCUT2D eigenvalue weighted by Gasteiger charge is -2.22. The van der Waals surface area contributed by atoms with Crippen LogP contribution >= 0.6 is 0 Å². The third-order valence-electron chi connectivity index (χ3n) is 3.16. The fraction of sp³-hybridized carbons (Fsp3) is 0.533. The first kappa shape index (κ1) is 15.5. The van der Waals surface area contributed by atoms with Gasteiger partial charge in [0.25, 0.3) is 0 Å². The molecule has 0 bridgehead atoms. The average Bonchev–Trinajstić information content (AvgIpc) is 2.35. The van der Waals surface area contributed by atoms with Crippen LogP contribution in [0.25, 0.3) is 0 Å². The number of ether oxygens (including phenoxy) is 1. The predicted molar refractivity (Wildman–Crippen MR) is 73.2 cm³/mol. The highest BCUT2D eigenvalue weighted by atomic mass is 19.1. The van der Waals surface area contributed by atoms with Gasteiger partial charge in [0.1, 0.15) is 11.6 Å². The summed E-state index contributed by atoms with van der Waals surface area (Å²) in [6, 6.07) is 6.80. The molecule has 1 aromatic rings. The lowest BCUT2D eigenvalue weighted by molar-refractivity contribution is 0.261. The molecule has 1 aromatic carbocycles. The van der Waals surface area contributed by atoms with Gasteiger partial charge in [0.2, 0.25) is 0 Å². The van der Waals surface area contributed by atoms with Crippen LogP contribution in [0.2, 0.25) is 0 Å². The normalized spacial score (nSPS) is 12.5. The molecular weight excluding hydrogens is 243 g/mol. The molecule has 104 valence electrons. The van der Waals surface area contributed by atoms with E-state index in [0.717, 1.165) is 5.56 Å². The lowest BCUT2D eigenvalue weighted by Crippen LogP contribution is -2.27. The maximum atomic E-state index is 13.3. The van der Waals surface area contributed by atoms with Crippen molar-refractivity contribution in [2.45, 2.75) is 20.4 Å². The second-order valence-electron chi connectivity index (χ2n) is 5.13. The van der Waals surface area contributed by atoms with Crippen molar-refractivity contribution < 1.29 is 9.13 Å². The molecule has 1 atom stereocenters. The Balaban J connectivity index is 2.74. The van der Waals surface area contributed by atoms with Gasteiger partial charge in [0.15, 0.2) is 0 Å². The maximum Gasteiger partial charge on any atom is 0.123 e. The monoisotopic (exact) mass is 264 g/mol. The van der Waals surface area contributed by atoms with Crippen LogP contribution in [0.15, 0.2) is 18.2 Å². The zero-order valence-electron chi connectivity index (χ0n) is 12.0. The van der Waals surface area contributed by atoms with Crippen LogP contribution in [-0.4, -0.2) is 25.6 Å². The Morgan fingerprint density at radius 3 is 2.63 bits per heavy atom. The number of hydrogen-bond donors (Lipinski definition) is 0. The minimum atomic E-state index is -0.273. The molecule has 3 nitrogen and oxygen atoms in total. The minimum absolute atomic E-state index is 0.0236. The fourth-order valence-corrected chi connectivity index (χ4v) is 1.96. The van der Waals surface area contributed by atoms with Crippen LogP contribution in [0.3, 0.4) is 0 Å². The predicted octanol–water partition coefficient (Wildman–Crippen LogP) is 3.06. The Kier molecular flexibility index (Phi) is 5.78. The van der Waals surface area contributed by atoms with Gasteiger partial charge in [-0.1, -0.05) is 13.8 Å². The lowest BCUT2D eigenvalue weighted by atomic mass is 9.97. The third kappa shape index (κ3) is 4.53. The van der Waals surface area contributed by atoms with Crippen LogP contribution in [0.1, 0.15) is 19.4 Å². The first-order valence-electron chi connectivity index (χ1n) is 6.38. The van der Waals surface area contributed by atoms with Crippen molar-refractivity contribution in [1.82, 2.24) is 4.90 Å². The first-order chi connectivity index (χ1) is 8.97. The Hall–Kier alpha value is -1.60. The number of rotatable bonds is 6. The van der Waals surface area contributed by atoms with E-state index in [1.165, 1.54) is 12.1 Å². The molecule has 19 heavy (non-hydrogen) atoms. The van der Waals surface area contributed by atoms with E-state index in [-0.39, 0.29) is 11.7 Å². The SMILES string of the molecule is COc1ccc(F)cc1CN(C)CC(C#N)C(C)C. The van der Waals surface area contributed by atoms with Crippen LogP contribution in [0.4, 0.5) is 4.39 Å². The standard InChI is InChI=1S/C15H21FN2O/c1-11(2)13(8-17)10-18(3)9-12-7-14(16)5-6-15(12)19-4/h5-7,11,13H,9-10H2,1-4H3. The van der Waals surface area contributed by atoms with E-state index in [9.17, 15) is 4.39 Å². The molecule has 0 spiro atoms. The Labute approximate surface area is 114 Å². The van der Waals surface area contributed by atoms with Crippen molar-refractivity contribution in [1.29, 1.82) is 5.26 Å². The van der Waals surface area contributed by atoms with Crippen molar-refractivity contribution in [3.05, 3.63) is 29.6 Å². The summed E-state index contributed by atoms with van der Waals surface area (Å²) in [5.74, 6) is 0.683. The van der Waals surface area contributed by atoms with Crippen molar-refractivity contribution >= 4 is 0 Å². The van der Waals surface area contributed by atoms with Crippen molar-refractivity contribution in [2.75, 3.05) is 20.7 Å². The van der Waals surface area contributed by atoms with Gasteiger partial charge in [0, 0.05) is 18.7 Å². The van der Waals surface area contributed by atoms with E-state index in [1.807, 2.05) is 25.8 Å². The van der Waals surface area contributed by atoms with E-state index >= 15 is 0 Å². The van der Waals surface area contributed by atoms with Crippen LogP contribution in [-0.2, 0) is 6.54 Å². The molecule has 0 aliphatic heterocycles. The third-order valence-corrected chi connectivity index (χ3v) is 3.16. The molecule has 0 radical (unpaired) electrons. The van der Waals surface area contributed by atoms with Gasteiger partial charge in [-0.25, -0.2) is 4.39 Å². The molecule has 0 heterocycles. The van der Waals surface area contributed by atoms with Gasteiger partial charge in [0.05, 0.1) is 19.1 Å². The van der Waals surface area contributed by atoms with E-state index in [1.54, 1.807) is 13.2 Å². The van der Waals surface area contributed by atoms with Gasteiger partial charge >= 0.3 is 0 Å². The first-order valence-corrected chi connectivity index (χ1v) is 6.38. The Bertz CT molecular complexity index is 454. The average molecular weight is 264 g/mol. The summed E-state index contributed by atoms with van der Waals surface area (Å²) >= 11 is 0. The number of halogens is 1. The van der Waals surface area contributed by atoms with Gasteiger partial charge in [-0.3, -0.25) is 0 Å². The molecule has 4 heteroatoms. The number of methoxy groups -OCH3 is 1. The summed E-state index contributed by atoms with van der Waals surface area (Å²) in [4.78, 5) is 2.02. The van der Waals surface area contributed by atoms with Gasteiger partial charge in [-0.15, -0.1) is 0 Å². The van der Waals surface area contributed by atoms with E-state index < -0.39 is 0 Å². The summed E-state index contributed by atoms with van der Waals surface area (Å²) in [5.41, 5.74) is 0.797. The summed E-state index contributed by atoms with van der Waals surface area (Å²) in [6.07, 6.45) is 0. The molecule has 0 amide bonds. The molecule has 0 saturated carbocycles. The largest absolute Gasteiger partial charge is 0.496 e. The molecule has 0 aliphatic rings. The molecule has 0 saturated heterocycles. The van der Waals surface area contributed by atoms with Gasteiger partial charge in [-0.2, -0.15) is 5.26 Å². The zero-order chi connectivity index (χ0) is 14.4. The van der Waals surface area contributed by atoms with Gasteiger partial charge in [-0.05, 0) is 31.2 Å². The minimum Gasteiger partial charge on any atom is -0.496 e. The topological polar surface area (TPSA) is 36.3 Å². The zero-order valence-corrected chi connectivity index (χ0v) is 12.0. The van der Waals surface area contributed by atoms with E-state index in [0.29, 0.717) is 24.8 Å². The number of nitriles is 1. The highest BCUT2D eigenvalue weighted by molar-refractivity contribution is 5.33. The fourth-order valence-electron chi connectivity index (χ4n) is 1.96. The molecule has 0 aliphatic carbocycles. The summed E-state index contributed by atoms with van der Waals surface area (Å²) in [6.45, 7) is 5.29. The van der Waals surface area contributed by atoms with Crippen LogP contribution in [0, 0.1) is 29.0 Å². The highest BCUT2D eigenvalue weighted by Crippen LogP contribution is 2.21. The summed E-state index contributed by atoms with van der Waals surface area (Å²) in [7, 11) is 3.50. The molecule has 0 fully saturated rings.